The van der Waals surface area contributed by atoms with Crippen LogP contribution in [0.15, 0.2) is 41.8 Å². The summed E-state index contributed by atoms with van der Waals surface area (Å²) in [5, 5.41) is 14.3. The van der Waals surface area contributed by atoms with Gasteiger partial charge in [-0.25, -0.2) is 5.01 Å². The number of anilines is 1. The van der Waals surface area contributed by atoms with Crippen LogP contribution < -0.4 is 10.4 Å². The van der Waals surface area contributed by atoms with Gasteiger partial charge in [-0.15, -0.1) is 11.3 Å². The van der Waals surface area contributed by atoms with Crippen molar-refractivity contribution < 1.29 is 14.7 Å². The molecule has 0 saturated heterocycles. The third-order valence-electron chi connectivity index (χ3n) is 5.10. The van der Waals surface area contributed by atoms with Gasteiger partial charge in [0.15, 0.2) is 0 Å². The molecule has 0 fully saturated rings. The summed E-state index contributed by atoms with van der Waals surface area (Å²) < 4.78 is 0. The summed E-state index contributed by atoms with van der Waals surface area (Å²) in [5.74, 6) is -0.130. The van der Waals surface area contributed by atoms with E-state index in [-0.39, 0.29) is 5.91 Å². The standard InChI is InChI=1S/C24H34N2O3S/c1-17(2)11-13-24(29,14-12-18(3)4)23(28)25-26(21-9-7-6-8-10-21)22(27)20-15-19(5)30-16-20/h6-10,15-18,29H,11-14H2,1-5H3,(H,25,28). The molecule has 1 heterocycles. The molecule has 0 saturated carbocycles. The lowest BCUT2D eigenvalue weighted by Crippen LogP contribution is -2.55. The maximum absolute atomic E-state index is 13.3. The van der Waals surface area contributed by atoms with Crippen LogP contribution in [0.1, 0.15) is 68.6 Å². The molecule has 2 N–H and O–H groups in total. The summed E-state index contributed by atoms with van der Waals surface area (Å²) in [6.45, 7) is 10.2. The molecule has 1 aromatic carbocycles. The van der Waals surface area contributed by atoms with E-state index in [1.54, 1.807) is 23.6 Å². The van der Waals surface area contributed by atoms with Gasteiger partial charge < -0.3 is 5.11 Å². The molecule has 0 aliphatic carbocycles. The summed E-state index contributed by atoms with van der Waals surface area (Å²) in [4.78, 5) is 27.5. The van der Waals surface area contributed by atoms with Crippen molar-refractivity contribution in [1.29, 1.82) is 0 Å². The number of hydrogen-bond donors (Lipinski definition) is 2. The van der Waals surface area contributed by atoms with Gasteiger partial charge in [-0.05, 0) is 62.6 Å². The minimum atomic E-state index is -1.52. The summed E-state index contributed by atoms with van der Waals surface area (Å²) in [6, 6.07) is 10.8. The highest BCUT2D eigenvalue weighted by atomic mass is 32.1. The van der Waals surface area contributed by atoms with Crippen LogP contribution in [0.3, 0.4) is 0 Å². The molecular formula is C24H34N2O3S. The Labute approximate surface area is 184 Å². The number of para-hydroxylation sites is 1. The Morgan fingerprint density at radius 1 is 1.07 bits per heavy atom. The summed E-state index contributed by atoms with van der Waals surface area (Å²) in [6.07, 6.45) is 2.17. The predicted octanol–water partition coefficient (Wildman–Crippen LogP) is 5.34. The van der Waals surface area contributed by atoms with Gasteiger partial charge in [0.05, 0.1) is 11.3 Å². The molecule has 0 spiro atoms. The highest BCUT2D eigenvalue weighted by Crippen LogP contribution is 2.26. The Hall–Kier alpha value is -2.18. The molecule has 0 atom stereocenters. The van der Waals surface area contributed by atoms with Crippen LogP contribution in [-0.2, 0) is 4.79 Å². The Kier molecular flexibility index (Phi) is 8.62. The van der Waals surface area contributed by atoms with Gasteiger partial charge >= 0.3 is 0 Å². The number of aliphatic hydroxyl groups is 1. The average Bonchev–Trinajstić information content (AvgIpc) is 3.15. The fraction of sp³-hybridized carbons (Fsp3) is 0.500. The Morgan fingerprint density at radius 2 is 1.63 bits per heavy atom. The molecule has 30 heavy (non-hydrogen) atoms. The highest BCUT2D eigenvalue weighted by Gasteiger charge is 2.37. The maximum Gasteiger partial charge on any atom is 0.277 e. The first-order chi connectivity index (χ1) is 14.1. The minimum absolute atomic E-state index is 0.325. The molecule has 2 amide bonds. The van der Waals surface area contributed by atoms with Gasteiger partial charge in [-0.2, -0.15) is 0 Å². The summed E-state index contributed by atoms with van der Waals surface area (Å²) >= 11 is 1.48. The highest BCUT2D eigenvalue weighted by molar-refractivity contribution is 7.10. The topological polar surface area (TPSA) is 69.6 Å². The van der Waals surface area contributed by atoms with Crippen molar-refractivity contribution in [3.05, 3.63) is 52.2 Å². The fourth-order valence-electron chi connectivity index (χ4n) is 3.11. The Bertz CT molecular complexity index is 818. The number of nitrogens with zero attached hydrogens (tertiary/aromatic N) is 1. The van der Waals surface area contributed by atoms with Gasteiger partial charge in [-0.1, -0.05) is 45.9 Å². The zero-order valence-electron chi connectivity index (χ0n) is 18.6. The predicted molar refractivity (Wildman–Crippen MR) is 124 cm³/mol. The van der Waals surface area contributed by atoms with Crippen LogP contribution in [0.25, 0.3) is 0 Å². The molecule has 6 heteroatoms. The van der Waals surface area contributed by atoms with Crippen LogP contribution in [0.4, 0.5) is 5.69 Å². The Balaban J connectivity index is 2.30. The van der Waals surface area contributed by atoms with Crippen molar-refractivity contribution in [3.8, 4) is 0 Å². The van der Waals surface area contributed by atoms with E-state index in [0.717, 1.165) is 17.7 Å². The molecule has 0 radical (unpaired) electrons. The number of thiophene rings is 1. The summed E-state index contributed by atoms with van der Waals surface area (Å²) in [5.41, 5.74) is 2.27. The molecule has 5 nitrogen and oxygen atoms in total. The second kappa shape index (κ2) is 10.7. The van der Waals surface area contributed by atoms with Crippen LogP contribution in [0.5, 0.6) is 0 Å². The Morgan fingerprint density at radius 3 is 2.10 bits per heavy atom. The van der Waals surface area contributed by atoms with E-state index in [1.807, 2.05) is 25.1 Å². The van der Waals surface area contributed by atoms with E-state index in [9.17, 15) is 14.7 Å². The number of nitrogens with one attached hydrogen (secondary N) is 1. The first kappa shape index (κ1) is 24.1. The quantitative estimate of drug-likeness (QED) is 0.528. The molecule has 0 aliphatic rings. The molecule has 0 bridgehead atoms. The first-order valence-electron chi connectivity index (χ1n) is 10.6. The molecule has 2 aromatic rings. The van der Waals surface area contributed by atoms with Crippen molar-refractivity contribution in [2.75, 3.05) is 5.01 Å². The van der Waals surface area contributed by atoms with Crippen molar-refractivity contribution in [3.63, 3.8) is 0 Å². The van der Waals surface area contributed by atoms with Crippen molar-refractivity contribution >= 4 is 28.8 Å². The van der Waals surface area contributed by atoms with Gasteiger partial charge in [0.2, 0.25) is 0 Å². The second-order valence-electron chi connectivity index (χ2n) is 8.76. The van der Waals surface area contributed by atoms with Gasteiger partial charge in [0.1, 0.15) is 5.60 Å². The normalized spacial score (nSPS) is 11.7. The zero-order valence-corrected chi connectivity index (χ0v) is 19.5. The SMILES string of the molecule is Cc1cc(C(=O)N(NC(=O)C(O)(CCC(C)C)CCC(C)C)c2ccccc2)cs1. The van der Waals surface area contributed by atoms with Crippen LogP contribution in [-0.4, -0.2) is 22.5 Å². The maximum atomic E-state index is 13.3. The lowest BCUT2D eigenvalue weighted by molar-refractivity contribution is -0.142. The average molecular weight is 431 g/mol. The van der Waals surface area contributed by atoms with E-state index >= 15 is 0 Å². The van der Waals surface area contributed by atoms with Crippen molar-refractivity contribution in [2.24, 2.45) is 11.8 Å². The van der Waals surface area contributed by atoms with Crippen LogP contribution in [0.2, 0.25) is 0 Å². The van der Waals surface area contributed by atoms with E-state index < -0.39 is 11.5 Å². The number of carbonyl (C=O) groups is 2. The minimum Gasteiger partial charge on any atom is -0.380 e. The van der Waals surface area contributed by atoms with E-state index in [0.29, 0.717) is 35.9 Å². The van der Waals surface area contributed by atoms with E-state index in [4.69, 9.17) is 0 Å². The zero-order chi connectivity index (χ0) is 22.3. The van der Waals surface area contributed by atoms with E-state index in [2.05, 4.69) is 33.1 Å². The molecule has 2 rings (SSSR count). The largest absolute Gasteiger partial charge is 0.380 e. The number of hydrazine groups is 1. The number of amides is 2. The smallest absolute Gasteiger partial charge is 0.277 e. The van der Waals surface area contributed by atoms with Crippen LogP contribution >= 0.6 is 11.3 Å². The molecule has 1 aromatic heterocycles. The third kappa shape index (κ3) is 6.67. The fourth-order valence-corrected chi connectivity index (χ4v) is 3.78. The molecule has 0 aliphatic heterocycles. The molecule has 164 valence electrons. The molecular weight excluding hydrogens is 396 g/mol. The number of hydrogen-bond acceptors (Lipinski definition) is 4. The van der Waals surface area contributed by atoms with Gasteiger partial charge in [-0.3, -0.25) is 15.0 Å². The van der Waals surface area contributed by atoms with E-state index in [1.165, 1.54) is 16.3 Å². The third-order valence-corrected chi connectivity index (χ3v) is 5.96. The van der Waals surface area contributed by atoms with Crippen LogP contribution in [0, 0.1) is 18.8 Å². The summed E-state index contributed by atoms with van der Waals surface area (Å²) in [7, 11) is 0. The van der Waals surface area contributed by atoms with Gasteiger partial charge in [0, 0.05) is 10.3 Å². The lowest BCUT2D eigenvalue weighted by atomic mass is 9.86. The van der Waals surface area contributed by atoms with Crippen molar-refractivity contribution in [2.45, 2.75) is 65.9 Å². The second-order valence-corrected chi connectivity index (χ2v) is 9.88. The monoisotopic (exact) mass is 430 g/mol. The van der Waals surface area contributed by atoms with Gasteiger partial charge in [0.25, 0.3) is 11.8 Å². The van der Waals surface area contributed by atoms with Crippen molar-refractivity contribution in [1.82, 2.24) is 5.43 Å². The number of rotatable bonds is 9. The number of carbonyl (C=O) groups excluding carboxylic acids is 2. The number of aryl methyl sites for hydroxylation is 1. The number of benzene rings is 1. The molecule has 0 unspecified atom stereocenters. The lowest BCUT2D eigenvalue weighted by Gasteiger charge is -2.32. The first-order valence-corrected chi connectivity index (χ1v) is 11.5.